The Morgan fingerprint density at radius 2 is 2.19 bits per heavy atom. The number of nitrogens with zero attached hydrogens (tertiary/aromatic N) is 2. The first-order chi connectivity index (χ1) is 7.56. The van der Waals surface area contributed by atoms with E-state index in [9.17, 15) is 5.11 Å². The molecule has 16 heavy (non-hydrogen) atoms. The van der Waals surface area contributed by atoms with Crippen LogP contribution < -0.4 is 4.90 Å². The van der Waals surface area contributed by atoms with Gasteiger partial charge in [0.05, 0.1) is 6.10 Å². The molecule has 1 heterocycles. The standard InChI is InChI=1S/C12H20N2OS/c1-9(8-16-4)14(3)12-7-11(10(2)15)5-6-13-12/h5-7,9-10,15H,8H2,1-4H3/t9?,10-/m1/s1. The highest BCUT2D eigenvalue weighted by molar-refractivity contribution is 7.98. The lowest BCUT2D eigenvalue weighted by Gasteiger charge is -2.25. The summed E-state index contributed by atoms with van der Waals surface area (Å²) in [5.41, 5.74) is 0.910. The van der Waals surface area contributed by atoms with Crippen molar-refractivity contribution in [1.82, 2.24) is 4.98 Å². The van der Waals surface area contributed by atoms with Crippen LogP contribution in [0.5, 0.6) is 0 Å². The predicted molar refractivity (Wildman–Crippen MR) is 71.1 cm³/mol. The minimum atomic E-state index is -0.439. The van der Waals surface area contributed by atoms with Crippen molar-refractivity contribution in [2.24, 2.45) is 0 Å². The lowest BCUT2D eigenvalue weighted by Crippen LogP contribution is -2.31. The van der Waals surface area contributed by atoms with Crippen molar-refractivity contribution in [2.75, 3.05) is 24.0 Å². The first-order valence-corrected chi connectivity index (χ1v) is 6.81. The van der Waals surface area contributed by atoms with Crippen LogP contribution in [0.3, 0.4) is 0 Å². The van der Waals surface area contributed by atoms with Crippen molar-refractivity contribution < 1.29 is 5.11 Å². The predicted octanol–water partition coefficient (Wildman–Crippen LogP) is 2.32. The van der Waals surface area contributed by atoms with Crippen molar-refractivity contribution in [3.63, 3.8) is 0 Å². The van der Waals surface area contributed by atoms with Crippen LogP contribution in [-0.2, 0) is 0 Å². The summed E-state index contributed by atoms with van der Waals surface area (Å²) in [4.78, 5) is 6.47. The number of aliphatic hydroxyl groups is 1. The molecule has 1 N–H and O–H groups in total. The maximum absolute atomic E-state index is 9.52. The molecule has 0 saturated heterocycles. The largest absolute Gasteiger partial charge is 0.389 e. The van der Waals surface area contributed by atoms with Gasteiger partial charge in [-0.1, -0.05) is 0 Å². The lowest BCUT2D eigenvalue weighted by atomic mass is 10.1. The number of pyridine rings is 1. The van der Waals surface area contributed by atoms with Crippen molar-refractivity contribution in [3.05, 3.63) is 23.9 Å². The molecule has 0 radical (unpaired) electrons. The summed E-state index contributed by atoms with van der Waals surface area (Å²) in [6, 6.07) is 4.23. The summed E-state index contributed by atoms with van der Waals surface area (Å²) >= 11 is 1.82. The Balaban J connectivity index is 2.82. The normalized spacial score (nSPS) is 14.6. The Morgan fingerprint density at radius 3 is 2.75 bits per heavy atom. The van der Waals surface area contributed by atoms with Gasteiger partial charge in [-0.05, 0) is 37.8 Å². The van der Waals surface area contributed by atoms with Crippen molar-refractivity contribution >= 4 is 17.6 Å². The number of thioether (sulfide) groups is 1. The van der Waals surface area contributed by atoms with Crippen molar-refractivity contribution in [1.29, 1.82) is 0 Å². The van der Waals surface area contributed by atoms with Crippen LogP contribution in [0, 0.1) is 0 Å². The van der Waals surface area contributed by atoms with Gasteiger partial charge in [-0.25, -0.2) is 4.98 Å². The van der Waals surface area contributed by atoms with E-state index in [4.69, 9.17) is 0 Å². The zero-order valence-electron chi connectivity index (χ0n) is 10.3. The minimum Gasteiger partial charge on any atom is -0.389 e. The van der Waals surface area contributed by atoms with E-state index in [1.807, 2.05) is 30.9 Å². The molecule has 1 rings (SSSR count). The molecular weight excluding hydrogens is 220 g/mol. The molecule has 0 fully saturated rings. The van der Waals surface area contributed by atoms with E-state index in [2.05, 4.69) is 23.1 Å². The average molecular weight is 240 g/mol. The van der Waals surface area contributed by atoms with Gasteiger partial charge in [0.2, 0.25) is 0 Å². The molecule has 3 nitrogen and oxygen atoms in total. The molecule has 0 spiro atoms. The Labute approximate surface area is 102 Å². The molecule has 1 aromatic heterocycles. The van der Waals surface area contributed by atoms with Crippen LogP contribution in [0.2, 0.25) is 0 Å². The van der Waals surface area contributed by atoms with Crippen molar-refractivity contribution in [2.45, 2.75) is 26.0 Å². The number of aromatic nitrogens is 1. The zero-order chi connectivity index (χ0) is 12.1. The molecule has 0 saturated carbocycles. The smallest absolute Gasteiger partial charge is 0.128 e. The third kappa shape index (κ3) is 3.39. The molecule has 1 aromatic rings. The molecule has 0 aliphatic rings. The van der Waals surface area contributed by atoms with E-state index in [1.165, 1.54) is 0 Å². The molecule has 90 valence electrons. The maximum atomic E-state index is 9.52. The van der Waals surface area contributed by atoms with Crippen LogP contribution in [-0.4, -0.2) is 35.2 Å². The SMILES string of the molecule is CSCC(C)N(C)c1cc([C@@H](C)O)ccn1. The Morgan fingerprint density at radius 1 is 1.50 bits per heavy atom. The highest BCUT2D eigenvalue weighted by Crippen LogP contribution is 2.19. The Hall–Kier alpha value is -0.740. The highest BCUT2D eigenvalue weighted by Gasteiger charge is 2.11. The monoisotopic (exact) mass is 240 g/mol. The van der Waals surface area contributed by atoms with E-state index in [0.717, 1.165) is 17.1 Å². The quantitative estimate of drug-likeness (QED) is 0.857. The fraction of sp³-hybridized carbons (Fsp3) is 0.583. The van der Waals surface area contributed by atoms with E-state index in [-0.39, 0.29) is 0 Å². The Bertz CT molecular complexity index is 331. The van der Waals surface area contributed by atoms with Crippen LogP contribution in [0.1, 0.15) is 25.5 Å². The van der Waals surface area contributed by atoms with E-state index in [1.54, 1.807) is 13.1 Å². The molecule has 0 aliphatic heterocycles. The van der Waals surface area contributed by atoms with Crippen LogP contribution >= 0.6 is 11.8 Å². The molecule has 1 unspecified atom stereocenters. The van der Waals surface area contributed by atoms with E-state index < -0.39 is 6.10 Å². The summed E-state index contributed by atoms with van der Waals surface area (Å²) in [7, 11) is 2.04. The average Bonchev–Trinajstić information content (AvgIpc) is 2.28. The second kappa shape index (κ2) is 6.11. The molecule has 0 aliphatic carbocycles. The Kier molecular flexibility index (Phi) is 5.09. The van der Waals surface area contributed by atoms with Gasteiger partial charge >= 0.3 is 0 Å². The lowest BCUT2D eigenvalue weighted by molar-refractivity contribution is 0.199. The van der Waals surface area contributed by atoms with Gasteiger partial charge in [0, 0.05) is 25.0 Å². The van der Waals surface area contributed by atoms with E-state index >= 15 is 0 Å². The van der Waals surface area contributed by atoms with Crippen LogP contribution in [0.25, 0.3) is 0 Å². The van der Waals surface area contributed by atoms with Crippen LogP contribution in [0.15, 0.2) is 18.3 Å². The molecule has 0 bridgehead atoms. The second-order valence-corrected chi connectivity index (χ2v) is 4.95. The first-order valence-electron chi connectivity index (χ1n) is 5.42. The fourth-order valence-electron chi connectivity index (χ4n) is 1.47. The summed E-state index contributed by atoms with van der Waals surface area (Å²) < 4.78 is 0. The van der Waals surface area contributed by atoms with E-state index in [0.29, 0.717) is 6.04 Å². The number of rotatable bonds is 5. The minimum absolute atomic E-state index is 0.437. The number of anilines is 1. The fourth-order valence-corrected chi connectivity index (χ4v) is 2.17. The van der Waals surface area contributed by atoms with Gasteiger partial charge < -0.3 is 10.0 Å². The molecule has 0 amide bonds. The van der Waals surface area contributed by atoms with Gasteiger partial charge in [-0.3, -0.25) is 0 Å². The number of hydrogen-bond acceptors (Lipinski definition) is 4. The van der Waals surface area contributed by atoms with Gasteiger partial charge in [-0.15, -0.1) is 0 Å². The van der Waals surface area contributed by atoms with Crippen molar-refractivity contribution in [3.8, 4) is 0 Å². The van der Waals surface area contributed by atoms with Gasteiger partial charge in [0.1, 0.15) is 5.82 Å². The summed E-state index contributed by atoms with van der Waals surface area (Å²) in [5.74, 6) is 1.98. The number of aliphatic hydroxyl groups excluding tert-OH is 1. The number of hydrogen-bond donors (Lipinski definition) is 1. The third-order valence-electron chi connectivity index (χ3n) is 2.68. The first kappa shape index (κ1) is 13.3. The zero-order valence-corrected chi connectivity index (χ0v) is 11.2. The second-order valence-electron chi connectivity index (χ2n) is 4.04. The maximum Gasteiger partial charge on any atom is 0.128 e. The van der Waals surface area contributed by atoms with Gasteiger partial charge in [0.15, 0.2) is 0 Å². The summed E-state index contributed by atoms with van der Waals surface area (Å²) in [6.45, 7) is 3.94. The molecule has 0 aromatic carbocycles. The third-order valence-corrected chi connectivity index (χ3v) is 3.50. The van der Waals surface area contributed by atoms with Crippen LogP contribution in [0.4, 0.5) is 5.82 Å². The molecule has 2 atom stereocenters. The van der Waals surface area contributed by atoms with Gasteiger partial charge in [0.25, 0.3) is 0 Å². The molecule has 4 heteroatoms. The molecular formula is C12H20N2OS. The summed E-state index contributed by atoms with van der Waals surface area (Å²) in [6.07, 6.45) is 3.41. The van der Waals surface area contributed by atoms with Gasteiger partial charge in [-0.2, -0.15) is 11.8 Å². The highest BCUT2D eigenvalue weighted by atomic mass is 32.2. The topological polar surface area (TPSA) is 36.4 Å². The summed E-state index contributed by atoms with van der Waals surface area (Å²) in [5, 5.41) is 9.52.